The van der Waals surface area contributed by atoms with Crippen LogP contribution in [0.3, 0.4) is 0 Å². The fourth-order valence-corrected chi connectivity index (χ4v) is 2.95. The van der Waals surface area contributed by atoms with Gasteiger partial charge in [-0.2, -0.15) is 0 Å². The number of thioether (sulfide) groups is 1. The lowest BCUT2D eigenvalue weighted by Crippen LogP contribution is -2.54. The summed E-state index contributed by atoms with van der Waals surface area (Å²) in [7, 11) is 0. The molecule has 0 aliphatic heterocycles. The van der Waals surface area contributed by atoms with E-state index in [9.17, 15) is 9.59 Å². The minimum Gasteiger partial charge on any atom is -0.368 e. The van der Waals surface area contributed by atoms with E-state index in [0.717, 1.165) is 0 Å². The van der Waals surface area contributed by atoms with Gasteiger partial charge in [0, 0.05) is 17.5 Å². The summed E-state index contributed by atoms with van der Waals surface area (Å²) in [6, 6.07) is 1.36. The summed E-state index contributed by atoms with van der Waals surface area (Å²) in [5.74, 6) is -0.378. The van der Waals surface area contributed by atoms with Gasteiger partial charge in [-0.15, -0.1) is 0 Å². The van der Waals surface area contributed by atoms with Crippen LogP contribution >= 0.6 is 11.8 Å². The molecule has 106 valence electrons. The van der Waals surface area contributed by atoms with Crippen LogP contribution < -0.4 is 16.6 Å². The number of amides is 1. The number of hydrogen-bond donors (Lipinski definition) is 3. The third-order valence-electron chi connectivity index (χ3n) is 2.77. The standard InChI is InChI=1S/C12H20N4O2S/c1-4-15-12(3,10(13)18)7-8(2)19-11-14-6-5-9(17)16-11/h5-6,8,15H,4,7H2,1-3H3,(H2,13,18)(H,14,16,17). The predicted molar refractivity (Wildman–Crippen MR) is 76.1 cm³/mol. The monoisotopic (exact) mass is 284 g/mol. The smallest absolute Gasteiger partial charge is 0.251 e. The highest BCUT2D eigenvalue weighted by atomic mass is 32.2. The molecule has 0 spiro atoms. The van der Waals surface area contributed by atoms with Crippen LogP contribution in [-0.2, 0) is 4.79 Å². The van der Waals surface area contributed by atoms with E-state index in [1.807, 2.05) is 13.8 Å². The van der Waals surface area contributed by atoms with Crippen molar-refractivity contribution in [2.45, 2.75) is 43.1 Å². The molecule has 0 saturated carbocycles. The van der Waals surface area contributed by atoms with Gasteiger partial charge >= 0.3 is 0 Å². The number of nitrogens with zero attached hydrogens (tertiary/aromatic N) is 1. The second kappa shape index (κ2) is 6.72. The van der Waals surface area contributed by atoms with Gasteiger partial charge in [0.2, 0.25) is 5.91 Å². The van der Waals surface area contributed by atoms with Crippen molar-refractivity contribution in [3.05, 3.63) is 22.6 Å². The Kier molecular flexibility index (Phi) is 5.56. The molecule has 6 nitrogen and oxygen atoms in total. The Bertz CT molecular complexity index is 491. The fourth-order valence-electron chi connectivity index (χ4n) is 1.87. The van der Waals surface area contributed by atoms with Gasteiger partial charge in [-0.05, 0) is 19.9 Å². The Morgan fingerprint density at radius 1 is 1.68 bits per heavy atom. The van der Waals surface area contributed by atoms with Crippen LogP contribution in [0.25, 0.3) is 0 Å². The van der Waals surface area contributed by atoms with Gasteiger partial charge < -0.3 is 16.0 Å². The van der Waals surface area contributed by atoms with Gasteiger partial charge in [-0.25, -0.2) is 4.98 Å². The van der Waals surface area contributed by atoms with Gasteiger partial charge in [0.1, 0.15) is 0 Å². The van der Waals surface area contributed by atoms with Crippen LogP contribution in [0, 0.1) is 0 Å². The summed E-state index contributed by atoms with van der Waals surface area (Å²) in [6.45, 7) is 6.35. The quantitative estimate of drug-likeness (QED) is 0.500. The number of primary amides is 1. The van der Waals surface area contributed by atoms with Crippen molar-refractivity contribution in [1.29, 1.82) is 0 Å². The lowest BCUT2D eigenvalue weighted by atomic mass is 9.95. The van der Waals surface area contributed by atoms with Gasteiger partial charge in [-0.3, -0.25) is 9.59 Å². The Balaban J connectivity index is 2.70. The first-order valence-electron chi connectivity index (χ1n) is 6.14. The zero-order valence-electron chi connectivity index (χ0n) is 11.4. The van der Waals surface area contributed by atoms with E-state index in [4.69, 9.17) is 5.73 Å². The maximum atomic E-state index is 11.5. The first-order chi connectivity index (χ1) is 8.87. The molecule has 1 aromatic rings. The molecule has 1 heterocycles. The number of carbonyl (C=O) groups excluding carboxylic acids is 1. The summed E-state index contributed by atoms with van der Waals surface area (Å²) in [5.41, 5.74) is 4.50. The predicted octanol–water partition coefficient (Wildman–Crippen LogP) is 0.494. The van der Waals surface area contributed by atoms with Crippen LogP contribution in [0.5, 0.6) is 0 Å². The van der Waals surface area contributed by atoms with Crippen molar-refractivity contribution >= 4 is 17.7 Å². The number of nitrogens with two attached hydrogens (primary N) is 1. The minimum absolute atomic E-state index is 0.0853. The van der Waals surface area contributed by atoms with Crippen LogP contribution in [0.1, 0.15) is 27.2 Å². The van der Waals surface area contributed by atoms with E-state index >= 15 is 0 Å². The summed E-state index contributed by atoms with van der Waals surface area (Å²) in [4.78, 5) is 29.4. The van der Waals surface area contributed by atoms with Crippen LogP contribution in [0.2, 0.25) is 0 Å². The molecule has 0 saturated heterocycles. The summed E-state index contributed by atoms with van der Waals surface area (Å²) in [6.07, 6.45) is 2.02. The number of aromatic amines is 1. The van der Waals surface area contributed by atoms with Gasteiger partial charge in [0.25, 0.3) is 5.56 Å². The molecule has 7 heteroatoms. The molecule has 0 radical (unpaired) electrons. The van der Waals surface area contributed by atoms with Crippen molar-refractivity contribution in [3.8, 4) is 0 Å². The zero-order valence-corrected chi connectivity index (χ0v) is 12.2. The topological polar surface area (TPSA) is 101 Å². The molecule has 1 rings (SSSR count). The fraction of sp³-hybridized carbons (Fsp3) is 0.583. The van der Waals surface area contributed by atoms with Crippen molar-refractivity contribution < 1.29 is 4.79 Å². The largest absolute Gasteiger partial charge is 0.368 e. The number of rotatable bonds is 7. The minimum atomic E-state index is -0.754. The third-order valence-corrected chi connectivity index (χ3v) is 3.77. The van der Waals surface area contributed by atoms with Crippen LogP contribution in [-0.4, -0.2) is 33.2 Å². The average molecular weight is 284 g/mol. The molecule has 0 bridgehead atoms. The van der Waals surface area contributed by atoms with E-state index in [2.05, 4.69) is 15.3 Å². The lowest BCUT2D eigenvalue weighted by molar-refractivity contribution is -0.124. The van der Waals surface area contributed by atoms with Crippen molar-refractivity contribution in [2.24, 2.45) is 5.73 Å². The number of H-pyrrole nitrogens is 1. The number of aromatic nitrogens is 2. The second-order valence-electron chi connectivity index (χ2n) is 4.60. The molecule has 1 aromatic heterocycles. The van der Waals surface area contributed by atoms with Crippen molar-refractivity contribution in [2.75, 3.05) is 6.54 Å². The Morgan fingerprint density at radius 3 is 2.89 bits per heavy atom. The molecule has 1 amide bonds. The highest BCUT2D eigenvalue weighted by molar-refractivity contribution is 7.99. The normalized spacial score (nSPS) is 15.7. The van der Waals surface area contributed by atoms with E-state index in [1.54, 1.807) is 6.92 Å². The molecule has 0 fully saturated rings. The Hall–Kier alpha value is -1.34. The first-order valence-corrected chi connectivity index (χ1v) is 7.02. The molecule has 0 aromatic carbocycles. The van der Waals surface area contributed by atoms with E-state index < -0.39 is 5.54 Å². The van der Waals surface area contributed by atoms with E-state index in [0.29, 0.717) is 18.1 Å². The molecular weight excluding hydrogens is 264 g/mol. The molecule has 19 heavy (non-hydrogen) atoms. The number of likely N-dealkylation sites (N-methyl/N-ethyl adjacent to an activating group) is 1. The number of hydrogen-bond acceptors (Lipinski definition) is 5. The van der Waals surface area contributed by atoms with Crippen molar-refractivity contribution in [3.63, 3.8) is 0 Å². The average Bonchev–Trinajstić information content (AvgIpc) is 2.28. The van der Waals surface area contributed by atoms with Gasteiger partial charge in [0.05, 0.1) is 5.54 Å². The zero-order chi connectivity index (χ0) is 14.5. The van der Waals surface area contributed by atoms with Gasteiger partial charge in [0.15, 0.2) is 5.16 Å². The molecule has 0 aliphatic rings. The maximum Gasteiger partial charge on any atom is 0.251 e. The highest BCUT2D eigenvalue weighted by Gasteiger charge is 2.32. The van der Waals surface area contributed by atoms with Crippen LogP contribution in [0.15, 0.2) is 22.2 Å². The SMILES string of the molecule is CCNC(C)(CC(C)Sc1nccc(=O)[nH]1)C(N)=O. The third kappa shape index (κ3) is 4.68. The lowest BCUT2D eigenvalue weighted by Gasteiger charge is -2.29. The second-order valence-corrected chi connectivity index (χ2v) is 6.03. The maximum absolute atomic E-state index is 11.5. The van der Waals surface area contributed by atoms with Crippen LogP contribution in [0.4, 0.5) is 0 Å². The first kappa shape index (κ1) is 15.7. The Labute approximate surface area is 116 Å². The summed E-state index contributed by atoms with van der Waals surface area (Å²) < 4.78 is 0. The number of nitrogens with one attached hydrogen (secondary N) is 2. The molecular formula is C12H20N4O2S. The summed E-state index contributed by atoms with van der Waals surface area (Å²) >= 11 is 1.41. The Morgan fingerprint density at radius 2 is 2.37 bits per heavy atom. The van der Waals surface area contributed by atoms with E-state index in [1.165, 1.54) is 24.0 Å². The molecule has 2 atom stereocenters. The highest BCUT2D eigenvalue weighted by Crippen LogP contribution is 2.25. The summed E-state index contributed by atoms with van der Waals surface area (Å²) in [5, 5.41) is 3.74. The van der Waals surface area contributed by atoms with Gasteiger partial charge in [-0.1, -0.05) is 25.6 Å². The molecule has 2 unspecified atom stereocenters. The number of carbonyl (C=O) groups is 1. The molecule has 0 aliphatic carbocycles. The van der Waals surface area contributed by atoms with Crippen molar-refractivity contribution in [1.82, 2.24) is 15.3 Å². The van der Waals surface area contributed by atoms with E-state index in [-0.39, 0.29) is 16.7 Å². The molecule has 4 N–H and O–H groups in total.